The minimum absolute atomic E-state index is 0.809. The smallest absolute Gasteiger partial charge is 0.0659 e. The van der Waals surface area contributed by atoms with Gasteiger partial charge in [-0.3, -0.25) is 9.36 Å². The number of benzene rings is 1. The van der Waals surface area contributed by atoms with Gasteiger partial charge in [0.2, 0.25) is 0 Å². The van der Waals surface area contributed by atoms with Crippen molar-refractivity contribution in [3.05, 3.63) is 71.8 Å². The van der Waals surface area contributed by atoms with Crippen molar-refractivity contribution in [2.75, 3.05) is 0 Å². The van der Waals surface area contributed by atoms with Crippen molar-refractivity contribution in [1.82, 2.24) is 24.9 Å². The van der Waals surface area contributed by atoms with Crippen molar-refractivity contribution >= 4 is 0 Å². The Labute approximate surface area is 124 Å². The molecule has 0 aliphatic rings. The number of hydrogen-bond donors (Lipinski definition) is 1. The van der Waals surface area contributed by atoms with Crippen LogP contribution in [0.2, 0.25) is 0 Å². The zero-order valence-corrected chi connectivity index (χ0v) is 12.1. The van der Waals surface area contributed by atoms with Crippen LogP contribution in [0.3, 0.4) is 0 Å². The molecule has 0 amide bonds. The second-order valence-electron chi connectivity index (χ2n) is 5.16. The van der Waals surface area contributed by atoms with E-state index in [2.05, 4.69) is 46.0 Å². The van der Waals surface area contributed by atoms with Gasteiger partial charge in [0.1, 0.15) is 0 Å². The summed E-state index contributed by atoms with van der Waals surface area (Å²) in [6, 6.07) is 10.4. The fourth-order valence-electron chi connectivity index (χ4n) is 2.27. The molecular weight excluding hydrogens is 262 g/mol. The molecule has 0 fully saturated rings. The van der Waals surface area contributed by atoms with Crippen molar-refractivity contribution in [3.63, 3.8) is 0 Å². The van der Waals surface area contributed by atoms with Gasteiger partial charge in [0.05, 0.1) is 18.9 Å². The number of rotatable bonds is 6. The Morgan fingerprint density at radius 2 is 1.62 bits per heavy atom. The first-order valence-corrected chi connectivity index (χ1v) is 7.03. The van der Waals surface area contributed by atoms with E-state index in [1.54, 1.807) is 0 Å². The topological polar surface area (TPSA) is 47.7 Å². The van der Waals surface area contributed by atoms with E-state index < -0.39 is 0 Å². The van der Waals surface area contributed by atoms with E-state index in [-0.39, 0.29) is 0 Å². The third kappa shape index (κ3) is 3.79. The molecule has 5 nitrogen and oxygen atoms in total. The van der Waals surface area contributed by atoms with Crippen LogP contribution in [-0.2, 0) is 26.7 Å². The quantitative estimate of drug-likeness (QED) is 0.751. The Hall–Kier alpha value is -2.40. The maximum atomic E-state index is 4.40. The molecule has 2 aromatic heterocycles. The summed E-state index contributed by atoms with van der Waals surface area (Å²) in [6.07, 6.45) is 7.90. The van der Waals surface area contributed by atoms with Gasteiger partial charge in [-0.05, 0) is 5.56 Å². The zero-order chi connectivity index (χ0) is 14.5. The molecule has 0 bridgehead atoms. The molecule has 0 atom stereocenters. The highest BCUT2D eigenvalue weighted by molar-refractivity contribution is 5.15. The van der Waals surface area contributed by atoms with Crippen molar-refractivity contribution in [3.8, 4) is 0 Å². The van der Waals surface area contributed by atoms with Crippen LogP contribution >= 0.6 is 0 Å². The van der Waals surface area contributed by atoms with E-state index in [9.17, 15) is 0 Å². The summed E-state index contributed by atoms with van der Waals surface area (Å²) in [5, 5.41) is 12.0. The lowest BCUT2D eigenvalue weighted by Crippen LogP contribution is -2.11. The average Bonchev–Trinajstić information content (AvgIpc) is 3.10. The Kier molecular flexibility index (Phi) is 4.12. The summed E-state index contributed by atoms with van der Waals surface area (Å²) in [6.45, 7) is 2.44. The molecule has 5 heteroatoms. The van der Waals surface area contributed by atoms with Crippen LogP contribution in [0.5, 0.6) is 0 Å². The standard InChI is InChI=1S/C16H19N5/c1-20-11-15(9-18-20)7-17-8-16-10-19-21(13-16)12-14-5-3-2-4-6-14/h2-6,9-11,13,17H,7-8,12H2,1H3. The number of nitrogens with zero attached hydrogens (tertiary/aromatic N) is 4. The molecular formula is C16H19N5. The Morgan fingerprint density at radius 1 is 0.905 bits per heavy atom. The number of nitrogens with one attached hydrogen (secondary N) is 1. The first-order valence-electron chi connectivity index (χ1n) is 7.03. The lowest BCUT2D eigenvalue weighted by atomic mass is 10.2. The van der Waals surface area contributed by atoms with Gasteiger partial charge >= 0.3 is 0 Å². The van der Waals surface area contributed by atoms with Crippen LogP contribution in [0, 0.1) is 0 Å². The molecule has 108 valence electrons. The van der Waals surface area contributed by atoms with Crippen LogP contribution < -0.4 is 5.32 Å². The molecule has 1 N–H and O–H groups in total. The molecule has 0 saturated carbocycles. The second kappa shape index (κ2) is 6.37. The molecule has 1 aromatic carbocycles. The van der Waals surface area contributed by atoms with Crippen molar-refractivity contribution in [2.45, 2.75) is 19.6 Å². The molecule has 0 aliphatic heterocycles. The lowest BCUT2D eigenvalue weighted by molar-refractivity contribution is 0.677. The highest BCUT2D eigenvalue weighted by atomic mass is 15.3. The van der Waals surface area contributed by atoms with Gasteiger partial charge in [0, 0.05) is 43.7 Å². The Balaban J connectivity index is 1.51. The summed E-state index contributed by atoms with van der Waals surface area (Å²) >= 11 is 0. The van der Waals surface area contributed by atoms with Gasteiger partial charge in [0.15, 0.2) is 0 Å². The summed E-state index contributed by atoms with van der Waals surface area (Å²) in [5.74, 6) is 0. The van der Waals surface area contributed by atoms with Crippen molar-refractivity contribution < 1.29 is 0 Å². The van der Waals surface area contributed by atoms with E-state index in [1.807, 2.05) is 41.1 Å². The number of aryl methyl sites for hydroxylation is 1. The van der Waals surface area contributed by atoms with Crippen LogP contribution in [0.25, 0.3) is 0 Å². The lowest BCUT2D eigenvalue weighted by Gasteiger charge is -2.01. The third-order valence-electron chi connectivity index (χ3n) is 3.29. The van der Waals surface area contributed by atoms with E-state index in [4.69, 9.17) is 0 Å². The van der Waals surface area contributed by atoms with Gasteiger partial charge in [-0.2, -0.15) is 10.2 Å². The fraction of sp³-hybridized carbons (Fsp3) is 0.250. The summed E-state index contributed by atoms with van der Waals surface area (Å²) in [5.41, 5.74) is 3.64. The fourth-order valence-corrected chi connectivity index (χ4v) is 2.27. The summed E-state index contributed by atoms with van der Waals surface area (Å²) in [4.78, 5) is 0. The average molecular weight is 281 g/mol. The highest BCUT2D eigenvalue weighted by Crippen LogP contribution is 2.04. The van der Waals surface area contributed by atoms with Gasteiger partial charge < -0.3 is 5.32 Å². The van der Waals surface area contributed by atoms with Gasteiger partial charge in [-0.25, -0.2) is 0 Å². The zero-order valence-electron chi connectivity index (χ0n) is 12.1. The molecule has 3 rings (SSSR count). The molecule has 21 heavy (non-hydrogen) atoms. The molecule has 3 aromatic rings. The maximum absolute atomic E-state index is 4.40. The van der Waals surface area contributed by atoms with E-state index in [0.29, 0.717) is 0 Å². The largest absolute Gasteiger partial charge is 0.308 e. The van der Waals surface area contributed by atoms with Crippen LogP contribution in [-0.4, -0.2) is 19.6 Å². The van der Waals surface area contributed by atoms with E-state index in [1.165, 1.54) is 16.7 Å². The normalized spacial score (nSPS) is 10.9. The Bertz CT molecular complexity index is 684. The third-order valence-corrected chi connectivity index (χ3v) is 3.29. The molecule has 2 heterocycles. The van der Waals surface area contributed by atoms with E-state index in [0.717, 1.165) is 19.6 Å². The first-order chi connectivity index (χ1) is 10.3. The van der Waals surface area contributed by atoms with Crippen LogP contribution in [0.1, 0.15) is 16.7 Å². The summed E-state index contributed by atoms with van der Waals surface area (Å²) in [7, 11) is 1.93. The minimum Gasteiger partial charge on any atom is -0.308 e. The van der Waals surface area contributed by atoms with Gasteiger partial charge in [0.25, 0.3) is 0 Å². The SMILES string of the molecule is Cn1cc(CNCc2cnn(Cc3ccccc3)c2)cn1. The monoisotopic (exact) mass is 281 g/mol. The molecule has 0 saturated heterocycles. The molecule has 0 radical (unpaired) electrons. The maximum Gasteiger partial charge on any atom is 0.0659 e. The van der Waals surface area contributed by atoms with Crippen molar-refractivity contribution in [2.24, 2.45) is 7.05 Å². The Morgan fingerprint density at radius 3 is 2.33 bits per heavy atom. The molecule has 0 aliphatic carbocycles. The highest BCUT2D eigenvalue weighted by Gasteiger charge is 2.01. The van der Waals surface area contributed by atoms with E-state index >= 15 is 0 Å². The minimum atomic E-state index is 0.809. The second-order valence-corrected chi connectivity index (χ2v) is 5.16. The number of aromatic nitrogens is 4. The van der Waals surface area contributed by atoms with Gasteiger partial charge in [-0.15, -0.1) is 0 Å². The molecule has 0 spiro atoms. The van der Waals surface area contributed by atoms with Crippen molar-refractivity contribution in [1.29, 1.82) is 0 Å². The predicted octanol–water partition coefficient (Wildman–Crippen LogP) is 1.95. The predicted molar refractivity (Wildman–Crippen MR) is 81.5 cm³/mol. The first kappa shape index (κ1) is 13.6. The molecule has 0 unspecified atom stereocenters. The van der Waals surface area contributed by atoms with Gasteiger partial charge in [-0.1, -0.05) is 30.3 Å². The summed E-state index contributed by atoms with van der Waals surface area (Å²) < 4.78 is 3.78. The van der Waals surface area contributed by atoms with Crippen LogP contribution in [0.15, 0.2) is 55.1 Å². The number of hydrogen-bond acceptors (Lipinski definition) is 3. The van der Waals surface area contributed by atoms with Crippen LogP contribution in [0.4, 0.5) is 0 Å².